The molecule has 2 aliphatic rings. The van der Waals surface area contributed by atoms with Crippen LogP contribution in [0.2, 0.25) is 0 Å². The van der Waals surface area contributed by atoms with Gasteiger partial charge in [-0.1, -0.05) is 25.7 Å². The van der Waals surface area contributed by atoms with E-state index in [1.807, 2.05) is 0 Å². The molecule has 18 heavy (non-hydrogen) atoms. The molecule has 0 aromatic rings. The summed E-state index contributed by atoms with van der Waals surface area (Å²) in [6.07, 6.45) is 7.13. The third-order valence-electron chi connectivity index (χ3n) is 3.78. The highest BCUT2D eigenvalue weighted by molar-refractivity contribution is 6.01. The van der Waals surface area contributed by atoms with Gasteiger partial charge in [-0.05, 0) is 19.3 Å². The van der Waals surface area contributed by atoms with Gasteiger partial charge in [0, 0.05) is 12.3 Å². The number of amides is 3. The quantitative estimate of drug-likeness (QED) is 0.566. The second-order valence-electron chi connectivity index (χ2n) is 5.20. The highest BCUT2D eigenvalue weighted by Crippen LogP contribution is 2.23. The van der Waals surface area contributed by atoms with Crippen LogP contribution in [0.5, 0.6) is 0 Å². The average molecular weight is 252 g/mol. The Morgan fingerprint density at radius 1 is 1.06 bits per heavy atom. The number of piperidine rings is 1. The summed E-state index contributed by atoms with van der Waals surface area (Å²) >= 11 is 0. The van der Waals surface area contributed by atoms with Gasteiger partial charge in [-0.25, -0.2) is 0 Å². The molecular formula is C13H20N2O3. The van der Waals surface area contributed by atoms with Crippen molar-refractivity contribution in [2.45, 2.75) is 57.4 Å². The lowest BCUT2D eigenvalue weighted by atomic mass is 9.98. The maximum atomic E-state index is 12.1. The Morgan fingerprint density at radius 3 is 2.33 bits per heavy atom. The van der Waals surface area contributed by atoms with E-state index in [0.29, 0.717) is 12.8 Å². The first-order chi connectivity index (χ1) is 8.66. The summed E-state index contributed by atoms with van der Waals surface area (Å²) in [5.74, 6) is -0.600. The van der Waals surface area contributed by atoms with Gasteiger partial charge in [0.25, 0.3) is 0 Å². The summed E-state index contributed by atoms with van der Waals surface area (Å²) < 4.78 is 0. The standard InChI is InChI=1S/C13H20N2O3/c16-11-8-7-10(13(18)15-11)14-12(17)9-5-3-1-2-4-6-9/h9-10H,1-8H2,(H,14,17)(H,15,16,18). The van der Waals surface area contributed by atoms with Gasteiger partial charge in [0.1, 0.15) is 6.04 Å². The third kappa shape index (κ3) is 3.31. The monoisotopic (exact) mass is 252 g/mol. The molecule has 2 N–H and O–H groups in total. The van der Waals surface area contributed by atoms with Crippen molar-refractivity contribution in [3.8, 4) is 0 Å². The van der Waals surface area contributed by atoms with Gasteiger partial charge in [0.15, 0.2) is 0 Å². The van der Waals surface area contributed by atoms with Crippen molar-refractivity contribution in [2.24, 2.45) is 5.92 Å². The Morgan fingerprint density at radius 2 is 1.72 bits per heavy atom. The number of nitrogens with one attached hydrogen (secondary N) is 2. The van der Waals surface area contributed by atoms with E-state index in [1.54, 1.807) is 0 Å². The molecule has 3 amide bonds. The molecule has 0 spiro atoms. The van der Waals surface area contributed by atoms with E-state index < -0.39 is 6.04 Å². The van der Waals surface area contributed by atoms with Gasteiger partial charge < -0.3 is 5.32 Å². The van der Waals surface area contributed by atoms with Crippen molar-refractivity contribution < 1.29 is 14.4 Å². The van der Waals surface area contributed by atoms with Crippen LogP contribution in [-0.2, 0) is 14.4 Å². The molecule has 1 aliphatic carbocycles. The Bertz CT molecular complexity index is 346. The van der Waals surface area contributed by atoms with Gasteiger partial charge in [-0.2, -0.15) is 0 Å². The smallest absolute Gasteiger partial charge is 0.249 e. The first kappa shape index (κ1) is 13.1. The fourth-order valence-electron chi connectivity index (χ4n) is 2.66. The van der Waals surface area contributed by atoms with Crippen LogP contribution in [0.3, 0.4) is 0 Å². The van der Waals surface area contributed by atoms with Crippen LogP contribution in [-0.4, -0.2) is 23.8 Å². The second-order valence-corrected chi connectivity index (χ2v) is 5.20. The maximum absolute atomic E-state index is 12.1. The second kappa shape index (κ2) is 5.98. The maximum Gasteiger partial charge on any atom is 0.249 e. The molecule has 1 unspecified atom stereocenters. The van der Waals surface area contributed by atoms with E-state index in [9.17, 15) is 14.4 Å². The predicted octanol–water partition coefficient (Wildman–Crippen LogP) is 0.878. The summed E-state index contributed by atoms with van der Waals surface area (Å²) in [4.78, 5) is 34.6. The van der Waals surface area contributed by atoms with Crippen LogP contribution in [0, 0.1) is 5.92 Å². The summed E-state index contributed by atoms with van der Waals surface area (Å²) in [5.41, 5.74) is 0. The Kier molecular flexibility index (Phi) is 4.33. The van der Waals surface area contributed by atoms with E-state index >= 15 is 0 Å². The van der Waals surface area contributed by atoms with Crippen molar-refractivity contribution in [2.75, 3.05) is 0 Å². The molecule has 5 heteroatoms. The zero-order chi connectivity index (χ0) is 13.0. The van der Waals surface area contributed by atoms with E-state index in [2.05, 4.69) is 10.6 Å². The highest BCUT2D eigenvalue weighted by atomic mass is 16.2. The van der Waals surface area contributed by atoms with Gasteiger partial charge >= 0.3 is 0 Å². The first-order valence-electron chi connectivity index (χ1n) is 6.81. The average Bonchev–Trinajstić information content (AvgIpc) is 2.61. The lowest BCUT2D eigenvalue weighted by Crippen LogP contribution is -2.53. The van der Waals surface area contributed by atoms with Crippen LogP contribution < -0.4 is 10.6 Å². The minimum absolute atomic E-state index is 0.0219. The van der Waals surface area contributed by atoms with Gasteiger partial charge in [-0.3, -0.25) is 19.7 Å². The van der Waals surface area contributed by atoms with Crippen LogP contribution >= 0.6 is 0 Å². The van der Waals surface area contributed by atoms with E-state index in [-0.39, 0.29) is 23.6 Å². The largest absolute Gasteiger partial charge is 0.344 e. The number of carbonyl (C=O) groups excluding carboxylic acids is 3. The molecular weight excluding hydrogens is 232 g/mol. The number of imide groups is 1. The third-order valence-corrected chi connectivity index (χ3v) is 3.78. The topological polar surface area (TPSA) is 75.3 Å². The lowest BCUT2D eigenvalue weighted by molar-refractivity contribution is -0.138. The van der Waals surface area contributed by atoms with Gasteiger partial charge in [0.2, 0.25) is 17.7 Å². The molecule has 1 saturated heterocycles. The molecule has 0 aromatic carbocycles. The number of hydrogen-bond acceptors (Lipinski definition) is 3. The highest BCUT2D eigenvalue weighted by Gasteiger charge is 2.30. The molecule has 1 aliphatic heterocycles. The minimum atomic E-state index is -0.529. The van der Waals surface area contributed by atoms with Crippen molar-refractivity contribution in [1.82, 2.24) is 10.6 Å². The summed E-state index contributed by atoms with van der Waals surface area (Å²) in [6.45, 7) is 0. The van der Waals surface area contributed by atoms with E-state index in [4.69, 9.17) is 0 Å². The minimum Gasteiger partial charge on any atom is -0.344 e. The molecule has 2 fully saturated rings. The predicted molar refractivity (Wildman–Crippen MR) is 65.5 cm³/mol. The zero-order valence-electron chi connectivity index (χ0n) is 10.5. The van der Waals surface area contributed by atoms with Crippen molar-refractivity contribution in [3.63, 3.8) is 0 Å². The molecule has 2 rings (SSSR count). The molecule has 1 saturated carbocycles. The van der Waals surface area contributed by atoms with Gasteiger partial charge in [-0.15, -0.1) is 0 Å². The van der Waals surface area contributed by atoms with Crippen LogP contribution in [0.25, 0.3) is 0 Å². The number of carbonyl (C=O) groups is 3. The van der Waals surface area contributed by atoms with E-state index in [0.717, 1.165) is 25.7 Å². The van der Waals surface area contributed by atoms with Crippen LogP contribution in [0.4, 0.5) is 0 Å². The first-order valence-corrected chi connectivity index (χ1v) is 6.81. The number of rotatable bonds is 2. The molecule has 0 aromatic heterocycles. The summed E-state index contributed by atoms with van der Waals surface area (Å²) in [6, 6.07) is -0.529. The van der Waals surface area contributed by atoms with Crippen molar-refractivity contribution in [3.05, 3.63) is 0 Å². The summed E-state index contributed by atoms with van der Waals surface area (Å²) in [7, 11) is 0. The molecule has 100 valence electrons. The van der Waals surface area contributed by atoms with Crippen molar-refractivity contribution in [1.29, 1.82) is 0 Å². The fraction of sp³-hybridized carbons (Fsp3) is 0.769. The van der Waals surface area contributed by atoms with Crippen molar-refractivity contribution >= 4 is 17.7 Å². The molecule has 0 radical (unpaired) electrons. The Hall–Kier alpha value is -1.39. The molecule has 1 atom stereocenters. The summed E-state index contributed by atoms with van der Waals surface area (Å²) in [5, 5.41) is 5.04. The van der Waals surface area contributed by atoms with E-state index in [1.165, 1.54) is 12.8 Å². The van der Waals surface area contributed by atoms with Crippen LogP contribution in [0.15, 0.2) is 0 Å². The number of hydrogen-bond donors (Lipinski definition) is 2. The molecule has 0 bridgehead atoms. The lowest BCUT2D eigenvalue weighted by Gasteiger charge is -2.24. The molecule has 5 nitrogen and oxygen atoms in total. The molecule has 1 heterocycles. The van der Waals surface area contributed by atoms with Crippen LogP contribution in [0.1, 0.15) is 51.4 Å². The SMILES string of the molecule is O=C1CCC(NC(=O)C2CCCCCC2)C(=O)N1. The van der Waals surface area contributed by atoms with Gasteiger partial charge in [0.05, 0.1) is 0 Å². The fourth-order valence-corrected chi connectivity index (χ4v) is 2.66. The Balaban J connectivity index is 1.86. The Labute approximate surface area is 107 Å². The zero-order valence-corrected chi connectivity index (χ0v) is 10.5. The normalized spacial score (nSPS) is 26.3.